The van der Waals surface area contributed by atoms with Gasteiger partial charge in [-0.3, -0.25) is 0 Å². The summed E-state index contributed by atoms with van der Waals surface area (Å²) in [6.45, 7) is 5.88. The molecule has 1 atom stereocenters. The number of rotatable bonds is 6. The van der Waals surface area contributed by atoms with E-state index in [1.54, 1.807) is 0 Å². The molecule has 4 heteroatoms. The molecule has 0 aromatic heterocycles. The topological polar surface area (TPSA) is 15.3 Å². The lowest BCUT2D eigenvalue weighted by Crippen LogP contribution is -2.41. The van der Waals surface area contributed by atoms with Crippen molar-refractivity contribution in [2.75, 3.05) is 20.6 Å². The second kappa shape index (κ2) is 7.22. The van der Waals surface area contributed by atoms with E-state index in [0.29, 0.717) is 24.1 Å². The fourth-order valence-electron chi connectivity index (χ4n) is 1.81. The van der Waals surface area contributed by atoms with Crippen LogP contribution in [0.2, 0.25) is 0 Å². The van der Waals surface area contributed by atoms with Crippen molar-refractivity contribution in [2.45, 2.75) is 26.4 Å². The van der Waals surface area contributed by atoms with Crippen molar-refractivity contribution in [1.82, 2.24) is 10.2 Å². The summed E-state index contributed by atoms with van der Waals surface area (Å²) in [7, 11) is 4.11. The molecule has 2 nitrogen and oxygen atoms in total. The van der Waals surface area contributed by atoms with Crippen LogP contribution in [0.5, 0.6) is 0 Å². The summed E-state index contributed by atoms with van der Waals surface area (Å²) in [6, 6.07) is 5.56. The van der Waals surface area contributed by atoms with Crippen LogP contribution < -0.4 is 5.32 Å². The lowest BCUT2D eigenvalue weighted by molar-refractivity contribution is 0.287. The maximum atomic E-state index is 13.7. The molecule has 0 aliphatic heterocycles. The van der Waals surface area contributed by atoms with Crippen LogP contribution in [-0.2, 0) is 6.54 Å². The van der Waals surface area contributed by atoms with Gasteiger partial charge in [-0.15, -0.1) is 0 Å². The molecule has 0 radical (unpaired) electrons. The quantitative estimate of drug-likeness (QED) is 0.866. The SMILES string of the molecule is CC(C)C(CN(C)C)NCc1ccc(Br)cc1F. The number of nitrogens with zero attached hydrogens (tertiary/aromatic N) is 1. The first kappa shape index (κ1) is 15.6. The Kier molecular flexibility index (Phi) is 6.26. The predicted octanol–water partition coefficient (Wildman–Crippen LogP) is 3.26. The average Bonchev–Trinajstić information content (AvgIpc) is 2.25. The average molecular weight is 317 g/mol. The molecule has 1 aromatic carbocycles. The van der Waals surface area contributed by atoms with Crippen molar-refractivity contribution >= 4 is 15.9 Å². The number of hydrogen-bond donors (Lipinski definition) is 1. The zero-order valence-electron chi connectivity index (χ0n) is 11.5. The van der Waals surface area contributed by atoms with E-state index in [-0.39, 0.29) is 5.82 Å². The van der Waals surface area contributed by atoms with Gasteiger partial charge in [-0.2, -0.15) is 0 Å². The van der Waals surface area contributed by atoms with Crippen molar-refractivity contribution in [3.05, 3.63) is 34.1 Å². The summed E-state index contributed by atoms with van der Waals surface area (Å²) < 4.78 is 14.5. The van der Waals surface area contributed by atoms with E-state index in [4.69, 9.17) is 0 Å². The largest absolute Gasteiger partial charge is 0.308 e. The molecule has 1 aromatic rings. The second-order valence-corrected chi connectivity index (χ2v) is 6.15. The molecule has 0 bridgehead atoms. The van der Waals surface area contributed by atoms with Crippen LogP contribution in [-0.4, -0.2) is 31.6 Å². The number of nitrogens with one attached hydrogen (secondary N) is 1. The Hall–Kier alpha value is -0.450. The molecule has 0 amide bonds. The Bertz CT molecular complexity index is 380. The molecule has 0 heterocycles. The monoisotopic (exact) mass is 316 g/mol. The summed E-state index contributed by atoms with van der Waals surface area (Å²) in [5.41, 5.74) is 0.711. The highest BCUT2D eigenvalue weighted by Gasteiger charge is 2.14. The highest BCUT2D eigenvalue weighted by Crippen LogP contribution is 2.15. The lowest BCUT2D eigenvalue weighted by atomic mass is 10.0. The Morgan fingerprint density at radius 3 is 2.50 bits per heavy atom. The lowest BCUT2D eigenvalue weighted by Gasteiger charge is -2.25. The molecule has 0 aliphatic rings. The van der Waals surface area contributed by atoms with E-state index >= 15 is 0 Å². The molecular formula is C14H22BrFN2. The van der Waals surface area contributed by atoms with E-state index in [1.165, 1.54) is 6.07 Å². The highest BCUT2D eigenvalue weighted by molar-refractivity contribution is 9.10. The molecule has 1 unspecified atom stereocenters. The van der Waals surface area contributed by atoms with Crippen molar-refractivity contribution in [2.24, 2.45) is 5.92 Å². The van der Waals surface area contributed by atoms with E-state index < -0.39 is 0 Å². The highest BCUT2D eigenvalue weighted by atomic mass is 79.9. The van der Waals surface area contributed by atoms with Gasteiger partial charge in [-0.05, 0) is 32.1 Å². The first-order valence-electron chi connectivity index (χ1n) is 6.22. The maximum Gasteiger partial charge on any atom is 0.128 e. The molecule has 102 valence electrons. The third kappa shape index (κ3) is 5.04. The van der Waals surface area contributed by atoms with Gasteiger partial charge >= 0.3 is 0 Å². The molecule has 0 aliphatic carbocycles. The van der Waals surface area contributed by atoms with Gasteiger partial charge in [0.2, 0.25) is 0 Å². The second-order valence-electron chi connectivity index (χ2n) is 5.23. The normalized spacial score (nSPS) is 13.3. The van der Waals surface area contributed by atoms with E-state index in [2.05, 4.69) is 54.1 Å². The number of halogens is 2. The summed E-state index contributed by atoms with van der Waals surface area (Å²) in [6.07, 6.45) is 0. The van der Waals surface area contributed by atoms with E-state index in [1.807, 2.05) is 12.1 Å². The van der Waals surface area contributed by atoms with E-state index in [0.717, 1.165) is 11.0 Å². The predicted molar refractivity (Wildman–Crippen MR) is 78.1 cm³/mol. The van der Waals surface area contributed by atoms with Crippen LogP contribution in [0.1, 0.15) is 19.4 Å². The third-order valence-corrected chi connectivity index (χ3v) is 3.43. The maximum absolute atomic E-state index is 13.7. The van der Waals surface area contributed by atoms with Gasteiger partial charge in [-0.25, -0.2) is 4.39 Å². The minimum absolute atomic E-state index is 0.163. The Morgan fingerprint density at radius 2 is 2.00 bits per heavy atom. The molecule has 1 N–H and O–H groups in total. The van der Waals surface area contributed by atoms with Crippen LogP contribution in [0.3, 0.4) is 0 Å². The fourth-order valence-corrected chi connectivity index (χ4v) is 2.14. The van der Waals surface area contributed by atoms with Crippen LogP contribution >= 0.6 is 15.9 Å². The van der Waals surface area contributed by atoms with Crippen LogP contribution in [0, 0.1) is 11.7 Å². The van der Waals surface area contributed by atoms with Crippen molar-refractivity contribution in [1.29, 1.82) is 0 Å². The molecule has 0 saturated carbocycles. The summed E-state index contributed by atoms with van der Waals surface area (Å²) in [4.78, 5) is 2.15. The third-order valence-electron chi connectivity index (χ3n) is 2.94. The van der Waals surface area contributed by atoms with Crippen LogP contribution in [0.15, 0.2) is 22.7 Å². The van der Waals surface area contributed by atoms with Gasteiger partial charge in [0.25, 0.3) is 0 Å². The molecule has 18 heavy (non-hydrogen) atoms. The summed E-state index contributed by atoms with van der Waals surface area (Å²) in [5, 5.41) is 3.43. The van der Waals surface area contributed by atoms with Crippen LogP contribution in [0.25, 0.3) is 0 Å². The zero-order valence-corrected chi connectivity index (χ0v) is 13.1. The minimum atomic E-state index is -0.163. The standard InChI is InChI=1S/C14H22BrFN2/c1-10(2)14(9-18(3)4)17-8-11-5-6-12(15)7-13(11)16/h5-7,10,14,17H,8-9H2,1-4H3. The van der Waals surface area contributed by atoms with Gasteiger partial charge in [-0.1, -0.05) is 35.8 Å². The smallest absolute Gasteiger partial charge is 0.128 e. The van der Waals surface area contributed by atoms with E-state index in [9.17, 15) is 4.39 Å². The number of hydrogen-bond acceptors (Lipinski definition) is 2. The van der Waals surface area contributed by atoms with Gasteiger partial charge < -0.3 is 10.2 Å². The first-order valence-corrected chi connectivity index (χ1v) is 7.01. The Balaban J connectivity index is 2.61. The Labute approximate surface area is 118 Å². The molecule has 0 spiro atoms. The fraction of sp³-hybridized carbons (Fsp3) is 0.571. The van der Waals surface area contributed by atoms with Gasteiger partial charge in [0.15, 0.2) is 0 Å². The Morgan fingerprint density at radius 1 is 1.33 bits per heavy atom. The summed E-state index contributed by atoms with van der Waals surface area (Å²) in [5.74, 6) is 0.357. The van der Waals surface area contributed by atoms with Crippen molar-refractivity contribution in [3.8, 4) is 0 Å². The van der Waals surface area contributed by atoms with Crippen LogP contribution in [0.4, 0.5) is 4.39 Å². The molecular weight excluding hydrogens is 295 g/mol. The minimum Gasteiger partial charge on any atom is -0.308 e. The number of likely N-dealkylation sites (N-methyl/N-ethyl adjacent to an activating group) is 1. The number of benzene rings is 1. The molecule has 0 saturated heterocycles. The first-order chi connectivity index (χ1) is 8.40. The summed E-state index contributed by atoms with van der Waals surface area (Å²) >= 11 is 3.27. The zero-order chi connectivity index (χ0) is 13.7. The van der Waals surface area contributed by atoms with Gasteiger partial charge in [0.1, 0.15) is 5.82 Å². The van der Waals surface area contributed by atoms with Gasteiger partial charge in [0.05, 0.1) is 0 Å². The van der Waals surface area contributed by atoms with Crippen molar-refractivity contribution < 1.29 is 4.39 Å². The van der Waals surface area contributed by atoms with Gasteiger partial charge in [0, 0.05) is 29.2 Å². The molecule has 1 rings (SSSR count). The molecule has 0 fully saturated rings. The van der Waals surface area contributed by atoms with Crippen molar-refractivity contribution in [3.63, 3.8) is 0 Å².